The standard InChI is InChI=1S/C17H13.C10H15.C6H10.2ClH.Zr/c1-3-12-5-7-14-11-15-8-6-13(4-2)10-17(15)16(14)9-12;1-8-5-6-9(7-8)10(2,3)4;1-2-4-6-5-3-1;;;/h3-11H,1-2H2;6-8H,1-4H3;1-5H2;2*1H;/q2*-1;;;;+2/p-2. The summed E-state index contributed by atoms with van der Waals surface area (Å²) < 4.78 is 1.80. The Morgan fingerprint density at radius 2 is 1.39 bits per heavy atom. The van der Waals surface area contributed by atoms with E-state index in [9.17, 15) is 0 Å². The summed E-state index contributed by atoms with van der Waals surface area (Å²) in [4.78, 5) is 0. The quantitative estimate of drug-likeness (QED) is 0.397. The van der Waals surface area contributed by atoms with E-state index in [1.54, 1.807) is 27.4 Å². The molecule has 0 aliphatic heterocycles. The molecular weight excluding hydrogens is 558 g/mol. The van der Waals surface area contributed by atoms with E-state index >= 15 is 0 Å². The first-order valence-corrected chi connectivity index (χ1v) is 13.7. The number of benzene rings is 2. The molecule has 5 rings (SSSR count). The van der Waals surface area contributed by atoms with E-state index in [0.29, 0.717) is 11.3 Å². The van der Waals surface area contributed by atoms with Gasteiger partial charge in [0.1, 0.15) is 0 Å². The van der Waals surface area contributed by atoms with Crippen molar-refractivity contribution in [1.29, 1.82) is 0 Å². The van der Waals surface area contributed by atoms with Crippen molar-refractivity contribution >= 4 is 36.9 Å². The molecule has 0 nitrogen and oxygen atoms in total. The van der Waals surface area contributed by atoms with Crippen molar-refractivity contribution in [2.75, 3.05) is 0 Å². The SMILES string of the molecule is C=Cc1ccc2[cH-]c3ccc(C=C)cc3c2c1.CC1[C-]=CC(C(C)(C)C)=C1.[Cl-].[Cl-].[Zr+2]=[C]1CCCCC1. The Hall–Kier alpha value is -1.40. The second kappa shape index (κ2) is 15.1. The number of hydrogen-bond acceptors (Lipinski definition) is 0. The second-order valence-electron chi connectivity index (χ2n) is 10.4. The molecule has 3 aromatic carbocycles. The van der Waals surface area contributed by atoms with Crippen LogP contribution >= 0.6 is 0 Å². The fourth-order valence-corrected chi connectivity index (χ4v) is 5.19. The van der Waals surface area contributed by atoms with Crippen molar-refractivity contribution in [3.8, 4) is 0 Å². The van der Waals surface area contributed by atoms with Gasteiger partial charge in [-0.2, -0.15) is 11.6 Å². The van der Waals surface area contributed by atoms with Gasteiger partial charge >= 0.3 is 59.5 Å². The summed E-state index contributed by atoms with van der Waals surface area (Å²) in [6, 6.07) is 15.1. The van der Waals surface area contributed by atoms with Crippen molar-refractivity contribution in [1.82, 2.24) is 0 Å². The molecule has 0 aromatic heterocycles. The fourth-order valence-electron chi connectivity index (χ4n) is 4.32. The molecule has 0 heterocycles. The zero-order valence-corrected chi connectivity index (χ0v) is 26.1. The Morgan fingerprint density at radius 1 is 0.889 bits per heavy atom. The fraction of sp³-hybridized carbons (Fsp3) is 0.333. The van der Waals surface area contributed by atoms with Crippen LogP contribution in [-0.4, -0.2) is 3.21 Å². The van der Waals surface area contributed by atoms with Gasteiger partial charge in [0.15, 0.2) is 0 Å². The van der Waals surface area contributed by atoms with Crippen LogP contribution in [0.5, 0.6) is 0 Å². The Morgan fingerprint density at radius 3 is 1.69 bits per heavy atom. The van der Waals surface area contributed by atoms with Crippen molar-refractivity contribution in [2.45, 2.75) is 59.8 Å². The minimum absolute atomic E-state index is 0. The van der Waals surface area contributed by atoms with E-state index in [4.69, 9.17) is 0 Å². The summed E-state index contributed by atoms with van der Waals surface area (Å²) in [5.74, 6) is 0.522. The number of fused-ring (bicyclic) bond motifs is 3. The number of allylic oxidation sites excluding steroid dienone is 4. The Kier molecular flexibility index (Phi) is 13.7. The van der Waals surface area contributed by atoms with Crippen LogP contribution < -0.4 is 24.8 Å². The number of halogens is 2. The van der Waals surface area contributed by atoms with Gasteiger partial charge in [-0.3, -0.25) is 6.08 Å². The van der Waals surface area contributed by atoms with E-state index in [1.807, 2.05) is 12.2 Å². The van der Waals surface area contributed by atoms with E-state index in [-0.39, 0.29) is 24.8 Å². The number of hydrogen-bond donors (Lipinski definition) is 0. The molecule has 3 aromatic rings. The minimum atomic E-state index is 0. The van der Waals surface area contributed by atoms with Crippen LogP contribution in [0, 0.1) is 17.4 Å². The summed E-state index contributed by atoms with van der Waals surface area (Å²) in [6.45, 7) is 16.5. The van der Waals surface area contributed by atoms with E-state index in [1.165, 1.54) is 59.2 Å². The maximum absolute atomic E-state index is 3.82. The Bertz CT molecular complexity index is 1160. The molecule has 0 radical (unpaired) electrons. The molecule has 0 N–H and O–H groups in total. The van der Waals surface area contributed by atoms with Crippen LogP contribution in [0.4, 0.5) is 0 Å². The normalized spacial score (nSPS) is 16.6. The molecule has 0 spiro atoms. The molecule has 0 amide bonds. The van der Waals surface area contributed by atoms with Crippen LogP contribution in [0.15, 0.2) is 73.3 Å². The van der Waals surface area contributed by atoms with Crippen molar-refractivity contribution in [3.05, 3.63) is 90.6 Å². The van der Waals surface area contributed by atoms with E-state index in [0.717, 1.165) is 11.1 Å². The van der Waals surface area contributed by atoms with Crippen LogP contribution in [0.1, 0.15) is 70.9 Å². The summed E-state index contributed by atoms with van der Waals surface area (Å²) in [5, 5.41) is 5.15. The maximum atomic E-state index is 3.82. The van der Waals surface area contributed by atoms with Crippen molar-refractivity contribution < 1.29 is 49.0 Å². The van der Waals surface area contributed by atoms with Crippen LogP contribution in [0.3, 0.4) is 0 Å². The summed E-state index contributed by atoms with van der Waals surface area (Å²) in [5.41, 5.74) is 4.04. The van der Waals surface area contributed by atoms with Gasteiger partial charge in [0.05, 0.1) is 0 Å². The van der Waals surface area contributed by atoms with Crippen LogP contribution in [-0.2, 0) is 24.2 Å². The zero-order chi connectivity index (χ0) is 24.7. The van der Waals surface area contributed by atoms with E-state index < -0.39 is 0 Å². The molecule has 1 saturated carbocycles. The molecule has 36 heavy (non-hydrogen) atoms. The average molecular weight is 597 g/mol. The van der Waals surface area contributed by atoms with Gasteiger partial charge in [0.2, 0.25) is 0 Å². The van der Waals surface area contributed by atoms with Crippen molar-refractivity contribution in [3.63, 3.8) is 0 Å². The van der Waals surface area contributed by atoms with Gasteiger partial charge in [-0.15, -0.1) is 39.7 Å². The molecule has 2 aliphatic rings. The monoisotopic (exact) mass is 594 g/mol. The third-order valence-corrected chi connectivity index (χ3v) is 7.71. The first-order chi connectivity index (χ1) is 16.2. The summed E-state index contributed by atoms with van der Waals surface area (Å²) in [6.07, 6.45) is 18.7. The summed E-state index contributed by atoms with van der Waals surface area (Å²) in [7, 11) is 0. The molecule has 2 aliphatic carbocycles. The number of rotatable bonds is 2. The van der Waals surface area contributed by atoms with Crippen molar-refractivity contribution in [2.24, 2.45) is 11.3 Å². The predicted molar refractivity (Wildman–Crippen MR) is 150 cm³/mol. The molecule has 3 heteroatoms. The van der Waals surface area contributed by atoms with Gasteiger partial charge in [-0.1, -0.05) is 88.6 Å². The topological polar surface area (TPSA) is 0 Å². The van der Waals surface area contributed by atoms with Gasteiger partial charge in [-0.05, 0) is 11.1 Å². The molecule has 0 saturated heterocycles. The first-order valence-electron chi connectivity index (χ1n) is 12.5. The molecule has 190 valence electrons. The predicted octanol–water partition coefficient (Wildman–Crippen LogP) is 3.64. The third kappa shape index (κ3) is 9.17. The average Bonchev–Trinajstić information content (AvgIpc) is 3.43. The van der Waals surface area contributed by atoms with Gasteiger partial charge < -0.3 is 24.8 Å². The van der Waals surface area contributed by atoms with E-state index in [2.05, 4.69) is 102 Å². The molecular formula is C33H38Cl2Zr-2. The summed E-state index contributed by atoms with van der Waals surface area (Å²) >= 11 is 1.69. The van der Waals surface area contributed by atoms with Crippen LogP contribution in [0.2, 0.25) is 0 Å². The van der Waals surface area contributed by atoms with Gasteiger partial charge in [0.25, 0.3) is 0 Å². The second-order valence-corrected chi connectivity index (χ2v) is 12.1. The third-order valence-electron chi connectivity index (χ3n) is 6.48. The molecule has 1 atom stereocenters. The first kappa shape index (κ1) is 32.6. The molecule has 1 unspecified atom stereocenters. The van der Waals surface area contributed by atoms with Gasteiger partial charge in [-0.25, -0.2) is 6.08 Å². The molecule has 1 fully saturated rings. The van der Waals surface area contributed by atoms with Gasteiger partial charge in [0, 0.05) is 0 Å². The zero-order valence-electron chi connectivity index (χ0n) is 22.1. The molecule has 0 bridgehead atoms. The Balaban J connectivity index is 0.000000293. The van der Waals surface area contributed by atoms with Crippen LogP contribution in [0.25, 0.3) is 33.7 Å². The Labute approximate surface area is 246 Å².